The van der Waals surface area contributed by atoms with E-state index in [0.29, 0.717) is 17.0 Å². The molecule has 1 saturated carbocycles. The second-order valence-electron chi connectivity index (χ2n) is 7.46. The lowest BCUT2D eigenvalue weighted by Crippen LogP contribution is -2.18. The molecule has 0 saturated heterocycles. The molecule has 30 heavy (non-hydrogen) atoms. The molecule has 2 aromatic carbocycles. The van der Waals surface area contributed by atoms with Crippen molar-refractivity contribution in [3.63, 3.8) is 0 Å². The van der Waals surface area contributed by atoms with Gasteiger partial charge in [0.2, 0.25) is 0 Å². The minimum absolute atomic E-state index is 0.131. The summed E-state index contributed by atoms with van der Waals surface area (Å²) in [5.74, 6) is 0.984. The molecule has 1 aliphatic rings. The summed E-state index contributed by atoms with van der Waals surface area (Å²) >= 11 is 0. The molecule has 0 aliphatic heterocycles. The van der Waals surface area contributed by atoms with Crippen LogP contribution in [0, 0.1) is 0 Å². The third kappa shape index (κ3) is 3.46. The number of nitrogens with one attached hydrogen (secondary N) is 1. The Morgan fingerprint density at radius 2 is 1.67 bits per heavy atom. The monoisotopic (exact) mass is 393 g/mol. The van der Waals surface area contributed by atoms with Crippen molar-refractivity contribution in [3.8, 4) is 11.1 Å². The van der Waals surface area contributed by atoms with Gasteiger partial charge in [-0.15, -0.1) is 0 Å². The molecule has 1 fully saturated rings. The first kappa shape index (κ1) is 18.2. The molecular formula is C25H19N3O2. The van der Waals surface area contributed by atoms with Gasteiger partial charge in [-0.05, 0) is 36.6 Å². The van der Waals surface area contributed by atoms with Gasteiger partial charge in [0.25, 0.3) is 5.56 Å². The van der Waals surface area contributed by atoms with Crippen LogP contribution in [0.5, 0.6) is 0 Å². The zero-order valence-electron chi connectivity index (χ0n) is 16.2. The molecular weight excluding hydrogens is 374 g/mol. The van der Waals surface area contributed by atoms with Gasteiger partial charge in [0.05, 0.1) is 5.56 Å². The number of fused-ring (bicyclic) bond motifs is 1. The van der Waals surface area contributed by atoms with Crippen molar-refractivity contribution in [1.82, 2.24) is 15.0 Å². The van der Waals surface area contributed by atoms with E-state index in [4.69, 9.17) is 0 Å². The summed E-state index contributed by atoms with van der Waals surface area (Å²) in [6.07, 6.45) is 8.78. The lowest BCUT2D eigenvalue weighted by Gasteiger charge is -2.11. The molecule has 0 unspecified atom stereocenters. The zero-order chi connectivity index (χ0) is 20.5. The number of nitrogens with zero attached hydrogens (tertiary/aromatic N) is 2. The number of aromatic nitrogens is 3. The summed E-state index contributed by atoms with van der Waals surface area (Å²) in [7, 11) is 0. The number of para-hydroxylation sites is 1. The zero-order valence-corrected chi connectivity index (χ0v) is 16.2. The van der Waals surface area contributed by atoms with Crippen LogP contribution < -0.4 is 5.56 Å². The van der Waals surface area contributed by atoms with Crippen LogP contribution in [-0.4, -0.2) is 20.7 Å². The lowest BCUT2D eigenvalue weighted by atomic mass is 9.94. The Bertz CT molecular complexity index is 1320. The van der Waals surface area contributed by atoms with Gasteiger partial charge in [0.15, 0.2) is 5.78 Å². The highest BCUT2D eigenvalue weighted by atomic mass is 16.1. The largest absolute Gasteiger partial charge is 0.321 e. The van der Waals surface area contributed by atoms with E-state index in [0.717, 1.165) is 35.2 Å². The predicted molar refractivity (Wildman–Crippen MR) is 117 cm³/mol. The molecule has 4 aromatic rings. The fraction of sp³-hybridized carbons (Fsp3) is 0.120. The van der Waals surface area contributed by atoms with E-state index in [-0.39, 0.29) is 11.3 Å². The van der Waals surface area contributed by atoms with Crippen molar-refractivity contribution < 1.29 is 4.79 Å². The number of carbonyl (C=O) groups is 1. The highest BCUT2D eigenvalue weighted by Gasteiger charge is 2.26. The summed E-state index contributed by atoms with van der Waals surface area (Å²) < 4.78 is 0. The van der Waals surface area contributed by atoms with Gasteiger partial charge in [-0.3, -0.25) is 9.59 Å². The fourth-order valence-electron chi connectivity index (χ4n) is 3.62. The van der Waals surface area contributed by atoms with Gasteiger partial charge in [0.1, 0.15) is 5.82 Å². The molecule has 0 bridgehead atoms. The quantitative estimate of drug-likeness (QED) is 0.392. The van der Waals surface area contributed by atoms with Crippen LogP contribution in [0.3, 0.4) is 0 Å². The van der Waals surface area contributed by atoms with Gasteiger partial charge in [0, 0.05) is 40.3 Å². The Morgan fingerprint density at radius 1 is 0.967 bits per heavy atom. The standard InChI is InChI=1S/C25H19N3O2/c29-21(13-10-16-14-26-24(27-15-16)18-11-12-18)23-22(17-6-2-1-3-7-17)19-8-4-5-9-20(19)28-25(23)30/h1-10,13-15,18H,11-12H2,(H,28,30)/b13-10+. The van der Waals surface area contributed by atoms with Crippen molar-refractivity contribution in [1.29, 1.82) is 0 Å². The molecule has 1 aliphatic carbocycles. The normalized spacial score (nSPS) is 13.7. The van der Waals surface area contributed by atoms with E-state index >= 15 is 0 Å². The smallest absolute Gasteiger partial charge is 0.260 e. The maximum atomic E-state index is 13.1. The van der Waals surface area contributed by atoms with E-state index in [9.17, 15) is 9.59 Å². The summed E-state index contributed by atoms with van der Waals surface area (Å²) in [4.78, 5) is 37.6. The fourth-order valence-corrected chi connectivity index (χ4v) is 3.62. The minimum atomic E-state index is -0.400. The van der Waals surface area contributed by atoms with Gasteiger partial charge in [-0.2, -0.15) is 0 Å². The number of carbonyl (C=O) groups excluding carboxylic acids is 1. The number of pyridine rings is 1. The molecule has 5 nitrogen and oxygen atoms in total. The maximum absolute atomic E-state index is 13.1. The van der Waals surface area contributed by atoms with Crippen LogP contribution in [0.15, 0.2) is 77.9 Å². The Balaban J connectivity index is 1.58. The first-order chi connectivity index (χ1) is 14.7. The van der Waals surface area contributed by atoms with Gasteiger partial charge >= 0.3 is 0 Å². The van der Waals surface area contributed by atoms with Crippen LogP contribution in [0.25, 0.3) is 28.1 Å². The van der Waals surface area contributed by atoms with E-state index in [1.807, 2.05) is 54.6 Å². The molecule has 2 heterocycles. The Labute approximate surface area is 173 Å². The molecule has 2 aromatic heterocycles. The van der Waals surface area contributed by atoms with E-state index < -0.39 is 5.56 Å². The number of rotatable bonds is 5. The number of H-pyrrole nitrogens is 1. The number of allylic oxidation sites excluding steroid dienone is 1. The van der Waals surface area contributed by atoms with Crippen molar-refractivity contribution in [2.24, 2.45) is 0 Å². The van der Waals surface area contributed by atoms with Crippen LogP contribution in [0.1, 0.15) is 40.5 Å². The molecule has 146 valence electrons. The number of aromatic amines is 1. The number of ketones is 1. The van der Waals surface area contributed by atoms with E-state index in [1.54, 1.807) is 18.5 Å². The first-order valence-corrected chi connectivity index (χ1v) is 9.95. The molecule has 0 spiro atoms. The van der Waals surface area contributed by atoms with Crippen LogP contribution >= 0.6 is 0 Å². The van der Waals surface area contributed by atoms with Crippen molar-refractivity contribution >= 4 is 22.8 Å². The third-order valence-electron chi connectivity index (χ3n) is 5.29. The number of hydrogen-bond donors (Lipinski definition) is 1. The molecule has 0 radical (unpaired) electrons. The van der Waals surface area contributed by atoms with Crippen molar-refractivity contribution in [2.75, 3.05) is 0 Å². The molecule has 5 heteroatoms. The SMILES string of the molecule is O=C(/C=C/c1cnc(C2CC2)nc1)c1c(-c2ccccc2)c2ccccc2[nH]c1=O. The summed E-state index contributed by atoms with van der Waals surface area (Å²) in [6.45, 7) is 0. The Kier molecular flexibility index (Phi) is 4.56. The minimum Gasteiger partial charge on any atom is -0.321 e. The lowest BCUT2D eigenvalue weighted by molar-refractivity contribution is 0.104. The van der Waals surface area contributed by atoms with Crippen LogP contribution in [-0.2, 0) is 0 Å². The summed E-state index contributed by atoms with van der Waals surface area (Å²) in [5.41, 5.74) is 2.63. The van der Waals surface area contributed by atoms with Gasteiger partial charge in [-0.25, -0.2) is 9.97 Å². The van der Waals surface area contributed by atoms with E-state index in [1.165, 1.54) is 6.08 Å². The second kappa shape index (κ2) is 7.52. The number of benzene rings is 2. The molecule has 1 N–H and O–H groups in total. The third-order valence-corrected chi connectivity index (χ3v) is 5.29. The van der Waals surface area contributed by atoms with Crippen LogP contribution in [0.2, 0.25) is 0 Å². The van der Waals surface area contributed by atoms with Crippen molar-refractivity contribution in [2.45, 2.75) is 18.8 Å². The first-order valence-electron chi connectivity index (χ1n) is 9.95. The van der Waals surface area contributed by atoms with Gasteiger partial charge in [-0.1, -0.05) is 48.5 Å². The topological polar surface area (TPSA) is 75.7 Å². The summed E-state index contributed by atoms with van der Waals surface area (Å²) in [5, 5.41) is 0.831. The average Bonchev–Trinajstić information content (AvgIpc) is 3.63. The predicted octanol–water partition coefficient (Wildman–Crippen LogP) is 4.76. The summed E-state index contributed by atoms with van der Waals surface area (Å²) in [6, 6.07) is 17.0. The number of hydrogen-bond acceptors (Lipinski definition) is 4. The Hall–Kier alpha value is -3.86. The molecule has 0 atom stereocenters. The molecule has 5 rings (SSSR count). The highest BCUT2D eigenvalue weighted by molar-refractivity contribution is 6.15. The highest BCUT2D eigenvalue weighted by Crippen LogP contribution is 2.37. The average molecular weight is 393 g/mol. The molecule has 0 amide bonds. The van der Waals surface area contributed by atoms with E-state index in [2.05, 4.69) is 15.0 Å². The van der Waals surface area contributed by atoms with Gasteiger partial charge < -0.3 is 4.98 Å². The van der Waals surface area contributed by atoms with Crippen LogP contribution in [0.4, 0.5) is 0 Å². The second-order valence-corrected chi connectivity index (χ2v) is 7.46. The van der Waals surface area contributed by atoms with Crippen molar-refractivity contribution in [3.05, 3.63) is 100 Å². The maximum Gasteiger partial charge on any atom is 0.260 e. The Morgan fingerprint density at radius 3 is 2.40 bits per heavy atom.